The molecule has 0 aromatic heterocycles. The van der Waals surface area contributed by atoms with Crippen LogP contribution in [0.5, 0.6) is 0 Å². The summed E-state index contributed by atoms with van der Waals surface area (Å²) in [5.74, 6) is -3.00. The third-order valence-corrected chi connectivity index (χ3v) is 4.51. The molecule has 138 valence electrons. The molecule has 0 fully saturated rings. The number of hydrogen-bond donors (Lipinski definition) is 2. The van der Waals surface area contributed by atoms with E-state index in [1.165, 1.54) is 0 Å². The summed E-state index contributed by atoms with van der Waals surface area (Å²) in [6, 6.07) is 16.9. The number of benzene rings is 2. The maximum atomic E-state index is 11.8. The van der Waals surface area contributed by atoms with Crippen molar-refractivity contribution >= 4 is 11.9 Å². The summed E-state index contributed by atoms with van der Waals surface area (Å²) < 4.78 is 5.62. The van der Waals surface area contributed by atoms with Gasteiger partial charge in [0.15, 0.2) is 0 Å². The van der Waals surface area contributed by atoms with Crippen molar-refractivity contribution in [1.82, 2.24) is 0 Å². The van der Waals surface area contributed by atoms with Gasteiger partial charge in [-0.25, -0.2) is 9.59 Å². The van der Waals surface area contributed by atoms with Gasteiger partial charge in [-0.05, 0) is 37.0 Å². The van der Waals surface area contributed by atoms with Crippen LogP contribution in [0.3, 0.4) is 0 Å². The molecule has 0 heterocycles. The fourth-order valence-corrected chi connectivity index (χ4v) is 2.64. The summed E-state index contributed by atoms with van der Waals surface area (Å²) in [4.78, 5) is 23.7. The summed E-state index contributed by atoms with van der Waals surface area (Å²) in [5, 5.41) is 19.3. The maximum Gasteiger partial charge on any atom is 0.348 e. The molecule has 5 nitrogen and oxygen atoms in total. The Labute approximate surface area is 153 Å². The van der Waals surface area contributed by atoms with E-state index in [-0.39, 0.29) is 6.42 Å². The number of rotatable bonds is 8. The van der Waals surface area contributed by atoms with E-state index in [4.69, 9.17) is 4.74 Å². The van der Waals surface area contributed by atoms with Gasteiger partial charge in [0.05, 0.1) is 5.60 Å². The van der Waals surface area contributed by atoms with E-state index in [1.807, 2.05) is 49.4 Å². The Hall–Kier alpha value is -2.66. The molecule has 26 heavy (non-hydrogen) atoms. The lowest BCUT2D eigenvalue weighted by Crippen LogP contribution is -2.55. The highest BCUT2D eigenvalue weighted by molar-refractivity contribution is 6.02. The summed E-state index contributed by atoms with van der Waals surface area (Å²) in [5.41, 5.74) is -0.610. The predicted molar refractivity (Wildman–Crippen MR) is 99.0 cm³/mol. The minimum atomic E-state index is -2.33. The quantitative estimate of drug-likeness (QED) is 0.698. The Kier molecular flexibility index (Phi) is 5.83. The van der Waals surface area contributed by atoms with Crippen LogP contribution >= 0.6 is 0 Å². The fourth-order valence-electron chi connectivity index (χ4n) is 2.64. The molecular formula is C21H24O5. The molecule has 0 saturated carbocycles. The van der Waals surface area contributed by atoms with E-state index < -0.39 is 23.1 Å². The van der Waals surface area contributed by atoms with Crippen molar-refractivity contribution in [3.63, 3.8) is 0 Å². The smallest absolute Gasteiger partial charge is 0.348 e. The van der Waals surface area contributed by atoms with Gasteiger partial charge in [0.2, 0.25) is 0 Å². The molecule has 2 rings (SSSR count). The van der Waals surface area contributed by atoms with Crippen LogP contribution in [0.1, 0.15) is 32.8 Å². The van der Waals surface area contributed by atoms with Crippen LogP contribution in [-0.2, 0) is 20.7 Å². The van der Waals surface area contributed by atoms with Crippen molar-refractivity contribution < 1.29 is 24.5 Å². The molecule has 0 aliphatic heterocycles. The van der Waals surface area contributed by atoms with E-state index in [9.17, 15) is 19.8 Å². The molecular weight excluding hydrogens is 332 g/mol. The van der Waals surface area contributed by atoms with Gasteiger partial charge in [-0.3, -0.25) is 0 Å². The molecule has 0 saturated heterocycles. The number of carbonyl (C=O) groups is 2. The number of carboxylic acid groups (broad SMARTS) is 2. The minimum Gasteiger partial charge on any atom is -0.479 e. The first-order valence-electron chi connectivity index (χ1n) is 8.51. The Morgan fingerprint density at radius 2 is 1.38 bits per heavy atom. The molecule has 0 spiro atoms. The third-order valence-electron chi connectivity index (χ3n) is 4.51. The third kappa shape index (κ3) is 4.29. The van der Waals surface area contributed by atoms with Crippen LogP contribution in [0.15, 0.2) is 54.6 Å². The molecule has 0 aliphatic carbocycles. The standard InChI is InChI=1S/C21H24O5/c1-4-20(2,3)26-21(18(22)23,19(24)25)14-15-10-12-17(13-11-15)16-8-6-5-7-9-16/h5-13H,4,14H2,1-3H3,(H,22,23)(H,24,25). The maximum absolute atomic E-state index is 11.8. The second kappa shape index (κ2) is 7.70. The lowest BCUT2D eigenvalue weighted by Gasteiger charge is -2.34. The van der Waals surface area contributed by atoms with Gasteiger partial charge in [0, 0.05) is 6.42 Å². The van der Waals surface area contributed by atoms with Crippen LogP contribution in [0, 0.1) is 0 Å². The van der Waals surface area contributed by atoms with E-state index in [0.29, 0.717) is 12.0 Å². The van der Waals surface area contributed by atoms with Crippen LogP contribution < -0.4 is 0 Å². The van der Waals surface area contributed by atoms with Crippen LogP contribution in [0.25, 0.3) is 11.1 Å². The number of ether oxygens (including phenoxy) is 1. The molecule has 0 bridgehead atoms. The largest absolute Gasteiger partial charge is 0.479 e. The van der Waals surface area contributed by atoms with Crippen molar-refractivity contribution in [3.8, 4) is 11.1 Å². The van der Waals surface area contributed by atoms with E-state index >= 15 is 0 Å². The first-order chi connectivity index (χ1) is 12.2. The topological polar surface area (TPSA) is 83.8 Å². The Balaban J connectivity index is 2.33. The second-order valence-electron chi connectivity index (χ2n) is 6.89. The van der Waals surface area contributed by atoms with Crippen molar-refractivity contribution in [2.24, 2.45) is 0 Å². The van der Waals surface area contributed by atoms with Gasteiger partial charge in [-0.1, -0.05) is 61.5 Å². The average Bonchev–Trinajstić information content (AvgIpc) is 2.62. The highest BCUT2D eigenvalue weighted by Gasteiger charge is 2.51. The van der Waals surface area contributed by atoms with Crippen LogP contribution in [0.2, 0.25) is 0 Å². The van der Waals surface area contributed by atoms with Crippen molar-refractivity contribution in [2.75, 3.05) is 0 Å². The molecule has 5 heteroatoms. The van der Waals surface area contributed by atoms with Crippen LogP contribution in [0.4, 0.5) is 0 Å². The predicted octanol–water partition coefficient (Wildman–Crippen LogP) is 4.01. The Bertz CT molecular complexity index is 749. The normalized spacial score (nSPS) is 12.0. The highest BCUT2D eigenvalue weighted by atomic mass is 16.6. The number of hydrogen-bond acceptors (Lipinski definition) is 3. The van der Waals surface area contributed by atoms with E-state index in [1.54, 1.807) is 26.0 Å². The summed E-state index contributed by atoms with van der Waals surface area (Å²) in [6.07, 6.45) is 0.235. The summed E-state index contributed by atoms with van der Waals surface area (Å²) >= 11 is 0. The van der Waals surface area contributed by atoms with Crippen molar-refractivity contribution in [2.45, 2.75) is 44.8 Å². The van der Waals surface area contributed by atoms with Crippen LogP contribution in [-0.4, -0.2) is 33.4 Å². The first kappa shape index (κ1) is 19.7. The SMILES string of the molecule is CCC(C)(C)OC(Cc1ccc(-c2ccccc2)cc1)(C(=O)O)C(=O)O. The van der Waals surface area contributed by atoms with Gasteiger partial charge in [-0.15, -0.1) is 0 Å². The molecule has 0 amide bonds. The van der Waals surface area contributed by atoms with Gasteiger partial charge in [0.1, 0.15) is 0 Å². The van der Waals surface area contributed by atoms with Gasteiger partial charge in [0.25, 0.3) is 5.60 Å². The zero-order valence-corrected chi connectivity index (χ0v) is 15.2. The van der Waals surface area contributed by atoms with Crippen molar-refractivity contribution in [3.05, 3.63) is 60.2 Å². The molecule has 2 aromatic carbocycles. The summed E-state index contributed by atoms with van der Waals surface area (Å²) in [6.45, 7) is 5.20. The molecule has 0 aliphatic rings. The zero-order chi connectivity index (χ0) is 19.4. The molecule has 0 atom stereocenters. The lowest BCUT2D eigenvalue weighted by molar-refractivity contribution is -0.202. The van der Waals surface area contributed by atoms with E-state index in [2.05, 4.69) is 0 Å². The molecule has 2 N–H and O–H groups in total. The summed E-state index contributed by atoms with van der Waals surface area (Å²) in [7, 11) is 0. The molecule has 0 unspecified atom stereocenters. The molecule has 0 radical (unpaired) electrons. The zero-order valence-electron chi connectivity index (χ0n) is 15.2. The lowest BCUT2D eigenvalue weighted by atomic mass is 9.91. The monoisotopic (exact) mass is 356 g/mol. The fraction of sp³-hybridized carbons (Fsp3) is 0.333. The van der Waals surface area contributed by atoms with Crippen molar-refractivity contribution in [1.29, 1.82) is 0 Å². The Morgan fingerprint density at radius 3 is 1.85 bits per heavy atom. The minimum absolute atomic E-state index is 0.254. The Morgan fingerprint density at radius 1 is 0.885 bits per heavy atom. The number of aliphatic carboxylic acids is 2. The highest BCUT2D eigenvalue weighted by Crippen LogP contribution is 2.29. The van der Waals surface area contributed by atoms with E-state index in [0.717, 1.165) is 11.1 Å². The number of carboxylic acids is 2. The average molecular weight is 356 g/mol. The molecule has 2 aromatic rings. The van der Waals surface area contributed by atoms with Gasteiger partial charge >= 0.3 is 11.9 Å². The second-order valence-corrected chi connectivity index (χ2v) is 6.89. The van der Waals surface area contributed by atoms with Gasteiger partial charge < -0.3 is 14.9 Å². The van der Waals surface area contributed by atoms with Gasteiger partial charge in [-0.2, -0.15) is 0 Å². The first-order valence-corrected chi connectivity index (χ1v) is 8.51.